The number of nitro groups is 1. The number of nitrogens with one attached hydrogen (secondary N) is 1. The molecule has 3 aromatic rings. The van der Waals surface area contributed by atoms with Crippen molar-refractivity contribution in [3.05, 3.63) is 93.0 Å². The third-order valence-corrected chi connectivity index (χ3v) is 5.33. The van der Waals surface area contributed by atoms with Crippen LogP contribution in [0.1, 0.15) is 29.2 Å². The number of carbonyl (C=O) groups excluding carboxylic acids is 1. The lowest BCUT2D eigenvalue weighted by atomic mass is 10.0. The average molecular weight is 472 g/mol. The number of hydrogen-bond acceptors (Lipinski definition) is 6. The number of non-ortho nitro benzene ring substituents is 1. The first-order valence-corrected chi connectivity index (χ1v) is 10.9. The summed E-state index contributed by atoms with van der Waals surface area (Å²) in [7, 11) is 0. The Morgan fingerprint density at radius 1 is 1.09 bits per heavy atom. The molecule has 1 N–H and O–H groups in total. The van der Waals surface area contributed by atoms with E-state index in [2.05, 4.69) is 11.4 Å². The topological polar surface area (TPSA) is 114 Å². The van der Waals surface area contributed by atoms with Gasteiger partial charge in [0.05, 0.1) is 23.2 Å². The van der Waals surface area contributed by atoms with Gasteiger partial charge in [-0.2, -0.15) is 5.26 Å². The van der Waals surface area contributed by atoms with Crippen LogP contribution in [-0.2, 0) is 4.79 Å². The van der Waals surface area contributed by atoms with E-state index in [0.717, 1.165) is 16.8 Å². The van der Waals surface area contributed by atoms with Gasteiger partial charge in [0.2, 0.25) is 0 Å². The monoisotopic (exact) mass is 471 g/mol. The number of nitriles is 1. The molecular weight excluding hydrogens is 446 g/mol. The van der Waals surface area contributed by atoms with Gasteiger partial charge in [-0.1, -0.05) is 18.2 Å². The summed E-state index contributed by atoms with van der Waals surface area (Å²) < 4.78 is 11.4. The molecule has 3 rings (SSSR count). The first-order chi connectivity index (χ1) is 16.8. The van der Waals surface area contributed by atoms with Crippen LogP contribution in [0, 0.1) is 35.3 Å². The highest BCUT2D eigenvalue weighted by molar-refractivity contribution is 5.93. The molecule has 8 heteroatoms. The molecule has 178 valence electrons. The molecule has 3 aromatic carbocycles. The van der Waals surface area contributed by atoms with Crippen LogP contribution in [0.15, 0.2) is 60.7 Å². The number of carbonyl (C=O) groups is 1. The molecular formula is C27H25N3O5. The van der Waals surface area contributed by atoms with Crippen molar-refractivity contribution in [3.8, 4) is 17.6 Å². The number of benzene rings is 3. The Bertz CT molecular complexity index is 1310. The summed E-state index contributed by atoms with van der Waals surface area (Å²) in [6.07, 6.45) is 1.65. The summed E-state index contributed by atoms with van der Waals surface area (Å²) in [6.45, 7) is 5.93. The van der Waals surface area contributed by atoms with E-state index >= 15 is 0 Å². The molecule has 8 nitrogen and oxygen atoms in total. The van der Waals surface area contributed by atoms with Gasteiger partial charge in [-0.25, -0.2) is 0 Å². The van der Waals surface area contributed by atoms with E-state index in [4.69, 9.17) is 9.47 Å². The number of rotatable bonds is 9. The molecule has 0 aliphatic carbocycles. The number of amides is 1. The minimum absolute atomic E-state index is 0.0484. The molecule has 0 aromatic heterocycles. The third-order valence-electron chi connectivity index (χ3n) is 5.33. The molecule has 0 bridgehead atoms. The van der Waals surface area contributed by atoms with Gasteiger partial charge in [0.15, 0.2) is 18.1 Å². The Hall–Kier alpha value is -4.64. The summed E-state index contributed by atoms with van der Waals surface area (Å²) in [4.78, 5) is 22.8. The summed E-state index contributed by atoms with van der Waals surface area (Å²) in [5, 5.41) is 23.3. The van der Waals surface area contributed by atoms with E-state index in [1.807, 2.05) is 39.0 Å². The summed E-state index contributed by atoms with van der Waals surface area (Å²) in [5.41, 5.74) is 4.33. The second-order valence-electron chi connectivity index (χ2n) is 7.70. The lowest BCUT2D eigenvalue weighted by Gasteiger charge is -2.14. The van der Waals surface area contributed by atoms with Gasteiger partial charge in [0.25, 0.3) is 11.6 Å². The van der Waals surface area contributed by atoms with Crippen molar-refractivity contribution >= 4 is 28.9 Å². The van der Waals surface area contributed by atoms with Crippen LogP contribution in [0.4, 0.5) is 11.4 Å². The highest BCUT2D eigenvalue weighted by atomic mass is 16.6. The van der Waals surface area contributed by atoms with Gasteiger partial charge in [-0.15, -0.1) is 0 Å². The maximum absolute atomic E-state index is 12.4. The molecule has 0 aliphatic rings. The molecule has 0 saturated heterocycles. The minimum Gasteiger partial charge on any atom is -0.490 e. The highest BCUT2D eigenvalue weighted by Crippen LogP contribution is 2.30. The quantitative estimate of drug-likeness (QED) is 0.185. The molecule has 35 heavy (non-hydrogen) atoms. The zero-order chi connectivity index (χ0) is 25.4. The van der Waals surface area contributed by atoms with Crippen molar-refractivity contribution in [1.29, 1.82) is 5.26 Å². The van der Waals surface area contributed by atoms with Crippen molar-refractivity contribution in [2.24, 2.45) is 0 Å². The summed E-state index contributed by atoms with van der Waals surface area (Å²) in [5.74, 6) is 0.533. The Morgan fingerprint density at radius 2 is 1.83 bits per heavy atom. The Balaban J connectivity index is 1.76. The number of nitro benzene ring substituents is 1. The van der Waals surface area contributed by atoms with Crippen LogP contribution >= 0.6 is 0 Å². The van der Waals surface area contributed by atoms with Crippen LogP contribution in [-0.4, -0.2) is 24.0 Å². The molecule has 0 radical (unpaired) electrons. The highest BCUT2D eigenvalue weighted by Gasteiger charge is 2.12. The Kier molecular flexibility index (Phi) is 8.20. The normalized spacial score (nSPS) is 10.9. The van der Waals surface area contributed by atoms with E-state index in [9.17, 15) is 20.2 Å². The molecule has 0 atom stereocenters. The fourth-order valence-electron chi connectivity index (χ4n) is 3.33. The van der Waals surface area contributed by atoms with E-state index in [0.29, 0.717) is 34.8 Å². The van der Waals surface area contributed by atoms with E-state index in [-0.39, 0.29) is 18.2 Å². The van der Waals surface area contributed by atoms with Crippen LogP contribution in [0.3, 0.4) is 0 Å². The maximum atomic E-state index is 12.4. The molecule has 0 aliphatic heterocycles. The molecule has 0 heterocycles. The molecule has 1 amide bonds. The lowest BCUT2D eigenvalue weighted by molar-refractivity contribution is -0.384. The van der Waals surface area contributed by atoms with Gasteiger partial charge in [0.1, 0.15) is 0 Å². The van der Waals surface area contributed by atoms with Crippen molar-refractivity contribution in [3.63, 3.8) is 0 Å². The van der Waals surface area contributed by atoms with Gasteiger partial charge in [-0.3, -0.25) is 14.9 Å². The average Bonchev–Trinajstić information content (AvgIpc) is 2.85. The van der Waals surface area contributed by atoms with Gasteiger partial charge in [-0.05, 0) is 79.4 Å². The van der Waals surface area contributed by atoms with E-state index in [1.54, 1.807) is 24.3 Å². The van der Waals surface area contributed by atoms with E-state index < -0.39 is 4.92 Å². The SMILES string of the molecule is CCOc1cc(/C=C(\C#N)c2ccc([N+](=O)[O-])cc2)ccc1OCC(=O)Nc1cccc(C)c1C. The van der Waals surface area contributed by atoms with Gasteiger partial charge < -0.3 is 14.8 Å². The largest absolute Gasteiger partial charge is 0.490 e. The second kappa shape index (κ2) is 11.5. The van der Waals surface area contributed by atoms with Gasteiger partial charge >= 0.3 is 0 Å². The molecule has 0 spiro atoms. The smallest absolute Gasteiger partial charge is 0.269 e. The minimum atomic E-state index is -0.491. The molecule has 0 saturated carbocycles. The van der Waals surface area contributed by atoms with Crippen molar-refractivity contribution in [2.75, 3.05) is 18.5 Å². The number of anilines is 1. The first-order valence-electron chi connectivity index (χ1n) is 10.9. The van der Waals surface area contributed by atoms with Crippen LogP contribution in [0.2, 0.25) is 0 Å². The van der Waals surface area contributed by atoms with Crippen LogP contribution in [0.25, 0.3) is 11.6 Å². The molecule has 0 fully saturated rings. The second-order valence-corrected chi connectivity index (χ2v) is 7.70. The fraction of sp³-hybridized carbons (Fsp3) is 0.185. The summed E-state index contributed by atoms with van der Waals surface area (Å²) >= 11 is 0. The lowest BCUT2D eigenvalue weighted by Crippen LogP contribution is -2.21. The Labute approximate surface area is 203 Å². The van der Waals surface area contributed by atoms with E-state index in [1.165, 1.54) is 24.3 Å². The van der Waals surface area contributed by atoms with Gasteiger partial charge in [0, 0.05) is 17.8 Å². The molecule has 0 unspecified atom stereocenters. The number of hydrogen-bond donors (Lipinski definition) is 1. The summed E-state index contributed by atoms with van der Waals surface area (Å²) in [6, 6.07) is 18.7. The van der Waals surface area contributed by atoms with Crippen molar-refractivity contribution in [1.82, 2.24) is 0 Å². The first kappa shape index (κ1) is 25.0. The Morgan fingerprint density at radius 3 is 2.49 bits per heavy atom. The number of aryl methyl sites for hydroxylation is 1. The van der Waals surface area contributed by atoms with Crippen molar-refractivity contribution < 1.29 is 19.2 Å². The zero-order valence-electron chi connectivity index (χ0n) is 19.7. The van der Waals surface area contributed by atoms with Crippen LogP contribution < -0.4 is 14.8 Å². The predicted molar refractivity (Wildman–Crippen MR) is 134 cm³/mol. The maximum Gasteiger partial charge on any atom is 0.269 e. The zero-order valence-corrected chi connectivity index (χ0v) is 19.7. The third kappa shape index (κ3) is 6.45. The fourth-order valence-corrected chi connectivity index (χ4v) is 3.33. The van der Waals surface area contributed by atoms with Crippen molar-refractivity contribution in [2.45, 2.75) is 20.8 Å². The number of nitrogens with zero attached hydrogens (tertiary/aromatic N) is 2. The number of ether oxygens (including phenoxy) is 2. The number of allylic oxidation sites excluding steroid dienone is 1. The predicted octanol–water partition coefficient (Wildman–Crippen LogP) is 5.69. The van der Waals surface area contributed by atoms with Crippen LogP contribution in [0.5, 0.6) is 11.5 Å². The standard InChI is InChI=1S/C27H25N3O5/c1-4-34-26-15-20(14-22(16-28)21-9-11-23(12-10-21)30(32)33)8-13-25(26)35-17-27(31)29-24-7-5-6-18(2)19(24)3/h5-15H,4,17H2,1-3H3,(H,29,31)/b22-14+.